The van der Waals surface area contributed by atoms with E-state index in [4.69, 9.17) is 4.42 Å². The first kappa shape index (κ1) is 31.8. The number of aromatic nitrogens is 2. The normalized spacial score (nSPS) is 12.1. The monoisotopic (exact) mass is 756 g/mol. The standard InChI is InChI=1S/C54H32N2OS/c1-3-13-33(14-4-1)34-25-28-46-43(31-34)38-27-29-47-52(41-17-7-9-22-45(41)55(47)35-15-5-2-6-16-35)53(38)56(46)36-26-30-48-44(32-36)40-21-11-20-39(54(40)57-48)37-19-12-24-50-51(37)42-18-8-10-23-49(42)58-50/h1-32H. The molecular weight excluding hydrogens is 725 g/mol. The lowest BCUT2D eigenvalue weighted by molar-refractivity contribution is 0.670. The molecule has 0 saturated carbocycles. The average molecular weight is 757 g/mol. The van der Waals surface area contributed by atoms with Crippen LogP contribution in [-0.2, 0) is 0 Å². The lowest BCUT2D eigenvalue weighted by Crippen LogP contribution is -1.95. The number of para-hydroxylation sites is 3. The molecule has 0 aliphatic carbocycles. The van der Waals surface area contributed by atoms with Gasteiger partial charge >= 0.3 is 0 Å². The Labute approximate surface area is 336 Å². The van der Waals surface area contributed by atoms with Crippen molar-refractivity contribution in [2.45, 2.75) is 0 Å². The van der Waals surface area contributed by atoms with E-state index in [-0.39, 0.29) is 0 Å². The maximum absolute atomic E-state index is 6.86. The molecule has 4 heterocycles. The summed E-state index contributed by atoms with van der Waals surface area (Å²) in [4.78, 5) is 0. The minimum Gasteiger partial charge on any atom is -0.455 e. The van der Waals surface area contributed by atoms with Crippen LogP contribution in [0, 0.1) is 0 Å². The van der Waals surface area contributed by atoms with Gasteiger partial charge in [0.25, 0.3) is 0 Å². The van der Waals surface area contributed by atoms with Crippen LogP contribution >= 0.6 is 11.3 Å². The first-order valence-electron chi connectivity index (χ1n) is 19.8. The lowest BCUT2D eigenvalue weighted by atomic mass is 9.97. The molecule has 0 fully saturated rings. The summed E-state index contributed by atoms with van der Waals surface area (Å²) in [5.41, 5.74) is 13.5. The first-order chi connectivity index (χ1) is 28.8. The summed E-state index contributed by atoms with van der Waals surface area (Å²) in [7, 11) is 0. The lowest BCUT2D eigenvalue weighted by Gasteiger charge is -2.10. The fourth-order valence-electron chi connectivity index (χ4n) is 9.63. The van der Waals surface area contributed by atoms with Crippen LogP contribution in [0.2, 0.25) is 0 Å². The van der Waals surface area contributed by atoms with E-state index in [9.17, 15) is 0 Å². The van der Waals surface area contributed by atoms with Gasteiger partial charge in [0.15, 0.2) is 0 Å². The molecule has 13 rings (SSSR count). The first-order valence-corrected chi connectivity index (χ1v) is 20.6. The van der Waals surface area contributed by atoms with Crippen molar-refractivity contribution in [1.29, 1.82) is 0 Å². The van der Waals surface area contributed by atoms with Crippen molar-refractivity contribution in [3.8, 4) is 33.6 Å². The Bertz CT molecular complexity index is 3790. The molecule has 270 valence electrons. The van der Waals surface area contributed by atoms with E-state index in [1.54, 1.807) is 0 Å². The SMILES string of the molecule is c1ccc(-c2ccc3c(c2)c2ccc4c(c5ccccc5n4-c4ccccc4)c2n3-c2ccc3oc4c(-c5cccc6sc7ccccc7c56)cccc4c3c2)cc1. The molecule has 0 aliphatic heterocycles. The van der Waals surface area contributed by atoms with E-state index < -0.39 is 0 Å². The maximum Gasteiger partial charge on any atom is 0.143 e. The molecule has 13 aromatic rings. The van der Waals surface area contributed by atoms with Gasteiger partial charge in [-0.2, -0.15) is 0 Å². The Hall–Kier alpha value is -7.40. The molecule has 58 heavy (non-hydrogen) atoms. The third-order valence-electron chi connectivity index (χ3n) is 12.1. The summed E-state index contributed by atoms with van der Waals surface area (Å²) in [6, 6.07) is 70.6. The molecule has 0 bridgehead atoms. The van der Waals surface area contributed by atoms with Crippen molar-refractivity contribution in [3.05, 3.63) is 194 Å². The molecule has 4 aromatic heterocycles. The van der Waals surface area contributed by atoms with E-state index in [0.29, 0.717) is 0 Å². The Morgan fingerprint density at radius 3 is 1.97 bits per heavy atom. The van der Waals surface area contributed by atoms with Crippen LogP contribution in [0.5, 0.6) is 0 Å². The van der Waals surface area contributed by atoms with Crippen molar-refractivity contribution in [3.63, 3.8) is 0 Å². The predicted molar refractivity (Wildman–Crippen MR) is 246 cm³/mol. The van der Waals surface area contributed by atoms with E-state index >= 15 is 0 Å². The Kier molecular flexibility index (Phi) is 6.60. The highest BCUT2D eigenvalue weighted by atomic mass is 32.1. The summed E-state index contributed by atoms with van der Waals surface area (Å²) in [6.45, 7) is 0. The summed E-state index contributed by atoms with van der Waals surface area (Å²) >= 11 is 1.85. The third-order valence-corrected chi connectivity index (χ3v) is 13.3. The number of hydrogen-bond donors (Lipinski definition) is 0. The van der Waals surface area contributed by atoms with Crippen molar-refractivity contribution >= 4 is 97.1 Å². The smallest absolute Gasteiger partial charge is 0.143 e. The minimum absolute atomic E-state index is 0.881. The third kappa shape index (κ3) is 4.43. The fourth-order valence-corrected chi connectivity index (χ4v) is 10.8. The second kappa shape index (κ2) is 12.1. The second-order valence-corrected chi connectivity index (χ2v) is 16.3. The molecule has 0 aliphatic rings. The van der Waals surface area contributed by atoms with Gasteiger partial charge in [0, 0.05) is 69.4 Å². The zero-order chi connectivity index (χ0) is 37.9. The molecule has 0 radical (unpaired) electrons. The highest BCUT2D eigenvalue weighted by Crippen LogP contribution is 2.46. The van der Waals surface area contributed by atoms with E-state index in [1.165, 1.54) is 80.5 Å². The van der Waals surface area contributed by atoms with E-state index in [2.05, 4.69) is 203 Å². The van der Waals surface area contributed by atoms with E-state index in [0.717, 1.165) is 38.9 Å². The van der Waals surface area contributed by atoms with Crippen LogP contribution in [-0.4, -0.2) is 9.13 Å². The summed E-state index contributed by atoms with van der Waals surface area (Å²) in [5, 5.41) is 9.72. The molecule has 0 spiro atoms. The van der Waals surface area contributed by atoms with Gasteiger partial charge < -0.3 is 13.6 Å². The van der Waals surface area contributed by atoms with Crippen LogP contribution in [0.4, 0.5) is 0 Å². The van der Waals surface area contributed by atoms with Crippen LogP contribution in [0.1, 0.15) is 0 Å². The molecule has 0 unspecified atom stereocenters. The van der Waals surface area contributed by atoms with Gasteiger partial charge in [-0.3, -0.25) is 0 Å². The second-order valence-electron chi connectivity index (χ2n) is 15.2. The highest BCUT2D eigenvalue weighted by molar-refractivity contribution is 7.25. The number of hydrogen-bond acceptors (Lipinski definition) is 2. The summed E-state index contributed by atoms with van der Waals surface area (Å²) in [6.07, 6.45) is 0. The van der Waals surface area contributed by atoms with E-state index in [1.807, 2.05) is 11.3 Å². The number of fused-ring (bicyclic) bond motifs is 13. The van der Waals surface area contributed by atoms with Gasteiger partial charge in [-0.15, -0.1) is 11.3 Å². The van der Waals surface area contributed by atoms with Gasteiger partial charge in [0.2, 0.25) is 0 Å². The average Bonchev–Trinajstić information content (AvgIpc) is 4.04. The highest BCUT2D eigenvalue weighted by Gasteiger charge is 2.23. The molecule has 4 heteroatoms. The zero-order valence-corrected chi connectivity index (χ0v) is 32.0. The van der Waals surface area contributed by atoms with Crippen LogP contribution in [0.25, 0.3) is 119 Å². The maximum atomic E-state index is 6.86. The largest absolute Gasteiger partial charge is 0.455 e. The van der Waals surface area contributed by atoms with Gasteiger partial charge in [-0.1, -0.05) is 127 Å². The topological polar surface area (TPSA) is 23.0 Å². The summed E-state index contributed by atoms with van der Waals surface area (Å²) < 4.78 is 14.3. The predicted octanol–water partition coefficient (Wildman–Crippen LogP) is 15.5. The van der Waals surface area contributed by atoms with Crippen molar-refractivity contribution in [2.75, 3.05) is 0 Å². The molecular formula is C54H32N2OS. The van der Waals surface area contributed by atoms with Gasteiger partial charge in [-0.05, 0) is 83.4 Å². The number of rotatable bonds is 4. The molecule has 0 N–H and O–H groups in total. The molecule has 9 aromatic carbocycles. The fraction of sp³-hybridized carbons (Fsp3) is 0. The Morgan fingerprint density at radius 2 is 1.07 bits per heavy atom. The number of benzene rings is 9. The van der Waals surface area contributed by atoms with Crippen LogP contribution < -0.4 is 0 Å². The Morgan fingerprint density at radius 1 is 0.362 bits per heavy atom. The van der Waals surface area contributed by atoms with Crippen molar-refractivity contribution in [2.24, 2.45) is 0 Å². The number of nitrogens with zero attached hydrogens (tertiary/aromatic N) is 2. The molecule has 0 saturated heterocycles. The van der Waals surface area contributed by atoms with Crippen LogP contribution in [0.15, 0.2) is 199 Å². The van der Waals surface area contributed by atoms with Gasteiger partial charge in [-0.25, -0.2) is 0 Å². The molecule has 3 nitrogen and oxygen atoms in total. The molecule has 0 amide bonds. The zero-order valence-electron chi connectivity index (χ0n) is 31.2. The van der Waals surface area contributed by atoms with Gasteiger partial charge in [0.1, 0.15) is 11.2 Å². The van der Waals surface area contributed by atoms with Gasteiger partial charge in [0.05, 0.1) is 22.1 Å². The summed E-state index contributed by atoms with van der Waals surface area (Å²) in [5.74, 6) is 0. The minimum atomic E-state index is 0.881. The number of thiophene rings is 1. The number of furan rings is 1. The molecule has 0 atom stereocenters. The van der Waals surface area contributed by atoms with Crippen LogP contribution in [0.3, 0.4) is 0 Å². The Balaban J connectivity index is 1.11. The van der Waals surface area contributed by atoms with Crippen molar-refractivity contribution in [1.82, 2.24) is 9.13 Å². The van der Waals surface area contributed by atoms with Crippen molar-refractivity contribution < 1.29 is 4.42 Å². The quantitative estimate of drug-likeness (QED) is 0.175.